The Morgan fingerprint density at radius 3 is 2.07 bits per heavy atom. The van der Waals surface area contributed by atoms with E-state index in [0.717, 1.165) is 23.8 Å². The molecule has 0 fully saturated rings. The maximum Gasteiger partial charge on any atom is 0.126 e. The minimum Gasteiger partial charge on any atom is -0.381 e. The molecule has 15 heavy (non-hydrogen) atoms. The molecule has 3 heteroatoms. The van der Waals surface area contributed by atoms with Crippen molar-refractivity contribution in [3.63, 3.8) is 0 Å². The lowest BCUT2D eigenvalue weighted by atomic mass is 9.94. The fraction of sp³-hybridized carbons (Fsp3) is 0.333. The van der Waals surface area contributed by atoms with Crippen LogP contribution in [0.25, 0.3) is 0 Å². The normalized spacial score (nSPS) is 14.5. The molecule has 0 bridgehead atoms. The summed E-state index contributed by atoms with van der Waals surface area (Å²) in [6.07, 6.45) is 1.56. The largest absolute Gasteiger partial charge is 0.381 e. The Hall–Kier alpha value is -1.22. The van der Waals surface area contributed by atoms with Crippen molar-refractivity contribution < 1.29 is 13.9 Å². The highest BCUT2D eigenvalue weighted by atomic mass is 19.1. The first kappa shape index (κ1) is 11.9. The van der Waals surface area contributed by atoms with Gasteiger partial charge in [0.25, 0.3) is 0 Å². The summed E-state index contributed by atoms with van der Waals surface area (Å²) in [5, 5.41) is 10.00. The van der Waals surface area contributed by atoms with E-state index < -0.39 is 17.2 Å². The highest BCUT2D eigenvalue weighted by molar-refractivity contribution is 5.28. The van der Waals surface area contributed by atoms with Crippen molar-refractivity contribution in [1.82, 2.24) is 0 Å². The molecule has 0 aliphatic heterocycles. The molecule has 0 radical (unpaired) electrons. The average Bonchev–Trinajstić information content (AvgIpc) is 1.99. The number of hydrogen-bond donors (Lipinski definition) is 1. The van der Waals surface area contributed by atoms with E-state index in [1.54, 1.807) is 6.08 Å². The van der Waals surface area contributed by atoms with Gasteiger partial charge in [0.15, 0.2) is 0 Å². The maximum absolute atomic E-state index is 12.9. The van der Waals surface area contributed by atoms with Gasteiger partial charge < -0.3 is 5.11 Å². The van der Waals surface area contributed by atoms with Crippen molar-refractivity contribution in [2.45, 2.75) is 26.4 Å². The lowest BCUT2D eigenvalue weighted by Crippen LogP contribution is -2.18. The zero-order chi connectivity index (χ0) is 11.6. The second-order valence-electron chi connectivity index (χ2n) is 4.03. The number of benzene rings is 1. The van der Waals surface area contributed by atoms with Crippen molar-refractivity contribution in [2.24, 2.45) is 0 Å². The second-order valence-corrected chi connectivity index (χ2v) is 4.03. The third kappa shape index (κ3) is 3.13. The van der Waals surface area contributed by atoms with Gasteiger partial charge in [-0.1, -0.05) is 11.6 Å². The van der Waals surface area contributed by atoms with Crippen LogP contribution < -0.4 is 0 Å². The first-order valence-electron chi connectivity index (χ1n) is 4.66. The quantitative estimate of drug-likeness (QED) is 0.747. The molecule has 0 aliphatic carbocycles. The summed E-state index contributed by atoms with van der Waals surface area (Å²) in [6, 6.07) is 3.03. The molecule has 1 aromatic rings. The topological polar surface area (TPSA) is 20.2 Å². The molecule has 1 unspecified atom stereocenters. The molecule has 0 aromatic heterocycles. The van der Waals surface area contributed by atoms with Crippen LogP contribution >= 0.6 is 0 Å². The van der Waals surface area contributed by atoms with Crippen molar-refractivity contribution in [1.29, 1.82) is 0 Å². The molecule has 0 saturated heterocycles. The van der Waals surface area contributed by atoms with Gasteiger partial charge in [-0.05, 0) is 38.5 Å². The van der Waals surface area contributed by atoms with Crippen LogP contribution in [0.15, 0.2) is 29.8 Å². The summed E-state index contributed by atoms with van der Waals surface area (Å²) >= 11 is 0. The van der Waals surface area contributed by atoms with E-state index >= 15 is 0 Å². The Bertz CT molecular complexity index is 370. The van der Waals surface area contributed by atoms with E-state index in [1.807, 2.05) is 13.8 Å². The molecule has 0 aliphatic rings. The van der Waals surface area contributed by atoms with Gasteiger partial charge in [-0.15, -0.1) is 0 Å². The van der Waals surface area contributed by atoms with Crippen molar-refractivity contribution >= 4 is 0 Å². The predicted octanol–water partition coefficient (Wildman–Crippen LogP) is 3.14. The van der Waals surface area contributed by atoms with Crippen LogP contribution in [0.4, 0.5) is 8.78 Å². The monoisotopic (exact) mass is 212 g/mol. The summed E-state index contributed by atoms with van der Waals surface area (Å²) in [5.74, 6) is -1.38. The highest BCUT2D eigenvalue weighted by Crippen LogP contribution is 2.25. The lowest BCUT2D eigenvalue weighted by molar-refractivity contribution is 0.109. The zero-order valence-electron chi connectivity index (χ0n) is 9.01. The van der Waals surface area contributed by atoms with Crippen LogP contribution in [0.3, 0.4) is 0 Å². The smallest absolute Gasteiger partial charge is 0.126 e. The van der Waals surface area contributed by atoms with Crippen LogP contribution in [0, 0.1) is 11.6 Å². The second kappa shape index (κ2) is 4.11. The molecule has 0 heterocycles. The van der Waals surface area contributed by atoms with Crippen molar-refractivity contribution in [3.05, 3.63) is 47.0 Å². The molecular weight excluding hydrogens is 198 g/mol. The molecule has 1 nitrogen and oxygen atoms in total. The van der Waals surface area contributed by atoms with Gasteiger partial charge in [-0.3, -0.25) is 0 Å². The van der Waals surface area contributed by atoms with E-state index in [-0.39, 0.29) is 5.56 Å². The molecule has 1 N–H and O–H groups in total. The van der Waals surface area contributed by atoms with Gasteiger partial charge in [0, 0.05) is 6.07 Å². The van der Waals surface area contributed by atoms with Crippen molar-refractivity contribution in [3.8, 4) is 0 Å². The molecule has 0 amide bonds. The van der Waals surface area contributed by atoms with E-state index in [9.17, 15) is 13.9 Å². The number of halogens is 2. The number of rotatable bonds is 2. The molecule has 1 aromatic carbocycles. The lowest BCUT2D eigenvalue weighted by Gasteiger charge is -2.20. The van der Waals surface area contributed by atoms with Crippen LogP contribution in [0.2, 0.25) is 0 Å². The first-order chi connectivity index (χ1) is 6.81. The summed E-state index contributed by atoms with van der Waals surface area (Å²) in [5.41, 5.74) is -0.257. The third-order valence-electron chi connectivity index (χ3n) is 2.02. The maximum atomic E-state index is 12.9. The Kier molecular flexibility index (Phi) is 3.25. The van der Waals surface area contributed by atoms with Gasteiger partial charge in [0.1, 0.15) is 17.2 Å². The average molecular weight is 212 g/mol. The Morgan fingerprint density at radius 2 is 1.67 bits per heavy atom. The van der Waals surface area contributed by atoms with Gasteiger partial charge >= 0.3 is 0 Å². The van der Waals surface area contributed by atoms with Gasteiger partial charge in [-0.2, -0.15) is 0 Å². The highest BCUT2D eigenvalue weighted by Gasteiger charge is 2.21. The molecule has 0 saturated carbocycles. The standard InChI is InChI=1S/C12H14F2O/c1-8(2)7-12(3,15)9-4-10(13)6-11(14)5-9/h4-7,15H,1-3H3. The zero-order valence-corrected chi connectivity index (χ0v) is 9.01. The number of hydrogen-bond acceptors (Lipinski definition) is 1. The first-order valence-corrected chi connectivity index (χ1v) is 4.66. The SMILES string of the molecule is CC(C)=CC(C)(O)c1cc(F)cc(F)c1. The van der Waals surface area contributed by atoms with E-state index in [2.05, 4.69) is 0 Å². The van der Waals surface area contributed by atoms with E-state index in [4.69, 9.17) is 0 Å². The van der Waals surface area contributed by atoms with Crippen LogP contribution in [-0.4, -0.2) is 5.11 Å². The summed E-state index contributed by atoms with van der Waals surface area (Å²) in [4.78, 5) is 0. The van der Waals surface area contributed by atoms with E-state index in [1.165, 1.54) is 6.92 Å². The fourth-order valence-electron chi connectivity index (χ4n) is 1.49. The van der Waals surface area contributed by atoms with Crippen LogP contribution in [0.1, 0.15) is 26.3 Å². The van der Waals surface area contributed by atoms with Crippen LogP contribution in [-0.2, 0) is 5.60 Å². The number of aliphatic hydroxyl groups is 1. The minimum absolute atomic E-state index is 0.209. The minimum atomic E-state index is -1.35. The van der Waals surface area contributed by atoms with Crippen LogP contribution in [0.5, 0.6) is 0 Å². The molecule has 1 rings (SSSR count). The summed E-state index contributed by atoms with van der Waals surface area (Å²) in [7, 11) is 0. The van der Waals surface area contributed by atoms with E-state index in [0.29, 0.717) is 0 Å². The summed E-state index contributed by atoms with van der Waals surface area (Å²) in [6.45, 7) is 5.11. The fourth-order valence-corrected chi connectivity index (χ4v) is 1.49. The summed E-state index contributed by atoms with van der Waals surface area (Å²) < 4.78 is 25.8. The molecular formula is C12H14F2O. The van der Waals surface area contributed by atoms with Gasteiger partial charge in [0.05, 0.1) is 0 Å². The predicted molar refractivity (Wildman–Crippen MR) is 55.4 cm³/mol. The molecule has 82 valence electrons. The third-order valence-corrected chi connectivity index (χ3v) is 2.02. The van der Waals surface area contributed by atoms with Gasteiger partial charge in [-0.25, -0.2) is 8.78 Å². The molecule has 1 atom stereocenters. The Balaban J connectivity index is 3.20. The number of allylic oxidation sites excluding steroid dienone is 1. The Labute approximate surface area is 88.1 Å². The van der Waals surface area contributed by atoms with Gasteiger partial charge in [0.2, 0.25) is 0 Å². The Morgan fingerprint density at radius 1 is 1.20 bits per heavy atom. The molecule has 0 spiro atoms. The van der Waals surface area contributed by atoms with Crippen molar-refractivity contribution in [2.75, 3.05) is 0 Å².